The molecule has 0 unspecified atom stereocenters. The largest absolute Gasteiger partial charge is 0.400 e. The topological polar surface area (TPSA) is 40.5 Å². The highest BCUT2D eigenvalue weighted by Gasteiger charge is 1.57. The molecule has 0 spiro atoms. The van der Waals surface area contributed by atoms with Gasteiger partial charge in [-0.15, -0.1) is 0 Å². The molecule has 14 heavy (non-hydrogen) atoms. The maximum absolute atomic E-state index is 7.00. The van der Waals surface area contributed by atoms with Crippen molar-refractivity contribution >= 4 is 0 Å². The molecule has 0 fully saturated rings. The van der Waals surface area contributed by atoms with Crippen LogP contribution in [0.25, 0.3) is 0 Å². The Morgan fingerprint density at radius 1 is 0.429 bits per heavy atom. The molecule has 1 rings (SSSR count). The van der Waals surface area contributed by atoms with E-state index in [1.54, 1.807) is 0 Å². The molecule has 1 aromatic rings. The molecule has 0 aliphatic rings. The number of aliphatic hydroxyl groups is 2. The predicted octanol–water partition coefficient (Wildman–Crippen LogP) is 2.96. The highest BCUT2D eigenvalue weighted by atomic mass is 16.2. The van der Waals surface area contributed by atoms with Crippen molar-refractivity contribution in [2.75, 3.05) is 14.2 Å². The minimum Gasteiger partial charge on any atom is -0.400 e. The maximum atomic E-state index is 7.00. The molecule has 0 bridgehead atoms. The van der Waals surface area contributed by atoms with Gasteiger partial charge < -0.3 is 10.2 Å². The lowest BCUT2D eigenvalue weighted by molar-refractivity contribution is 0.399. The Balaban J connectivity index is -0.0000000542. The van der Waals surface area contributed by atoms with Gasteiger partial charge in [-0.2, -0.15) is 0 Å². The second kappa shape index (κ2) is 57.0. The van der Waals surface area contributed by atoms with Crippen molar-refractivity contribution in [3.63, 3.8) is 0 Å². The Kier molecular flexibility index (Phi) is 94.4. The van der Waals surface area contributed by atoms with Gasteiger partial charge in [-0.1, -0.05) is 64.1 Å². The van der Waals surface area contributed by atoms with Crippen LogP contribution >= 0.6 is 0 Å². The molecule has 0 saturated heterocycles. The van der Waals surface area contributed by atoms with Gasteiger partial charge in [0.25, 0.3) is 0 Å². The monoisotopic (exact) mass is 202 g/mol. The number of hydrogen-bond donors (Lipinski definition) is 2. The van der Waals surface area contributed by atoms with Crippen LogP contribution in [0.3, 0.4) is 0 Å². The highest BCUT2D eigenvalue weighted by Crippen LogP contribution is 1.79. The van der Waals surface area contributed by atoms with Crippen LogP contribution in [-0.4, -0.2) is 24.4 Å². The first-order valence-corrected chi connectivity index (χ1v) is 4.89. The zero-order valence-electron chi connectivity index (χ0n) is 10.4. The highest BCUT2D eigenvalue weighted by molar-refractivity contribution is 4.99. The standard InChI is InChI=1S/C6H6.2C2H6.2CH4O/c1-2-4-6-5-3-1;4*1-2/h1-6H;2*1-2H3;2*2H,1H3. The Hall–Kier alpha value is -0.860. The molecular formula is C12H26O2. The smallest absolute Gasteiger partial charge is 0.0319 e. The van der Waals surface area contributed by atoms with Crippen molar-refractivity contribution in [1.29, 1.82) is 0 Å². The van der Waals surface area contributed by atoms with Crippen molar-refractivity contribution < 1.29 is 10.2 Å². The number of rotatable bonds is 0. The van der Waals surface area contributed by atoms with Gasteiger partial charge in [-0.3, -0.25) is 0 Å². The second-order valence-electron chi connectivity index (χ2n) is 1.15. The average molecular weight is 202 g/mol. The van der Waals surface area contributed by atoms with E-state index in [0.29, 0.717) is 0 Å². The molecule has 0 atom stereocenters. The van der Waals surface area contributed by atoms with Gasteiger partial charge in [-0.25, -0.2) is 0 Å². The van der Waals surface area contributed by atoms with E-state index >= 15 is 0 Å². The quantitative estimate of drug-likeness (QED) is 0.679. The molecule has 86 valence electrons. The Labute approximate surface area is 89.2 Å². The molecule has 0 aliphatic carbocycles. The third-order valence-electron chi connectivity index (χ3n) is 0.667. The van der Waals surface area contributed by atoms with Crippen molar-refractivity contribution in [3.8, 4) is 0 Å². The van der Waals surface area contributed by atoms with E-state index in [0.717, 1.165) is 14.2 Å². The minimum absolute atomic E-state index is 1.00. The third kappa shape index (κ3) is 43.4. The van der Waals surface area contributed by atoms with Crippen molar-refractivity contribution in [2.45, 2.75) is 27.7 Å². The van der Waals surface area contributed by atoms with E-state index in [2.05, 4.69) is 0 Å². The lowest BCUT2D eigenvalue weighted by atomic mass is 10.4. The normalized spacial score (nSPS) is 5.14. The second-order valence-corrected chi connectivity index (χ2v) is 1.15. The summed E-state index contributed by atoms with van der Waals surface area (Å²) in [5.41, 5.74) is 0. The molecule has 2 heteroatoms. The number of benzene rings is 1. The summed E-state index contributed by atoms with van der Waals surface area (Å²) in [4.78, 5) is 0. The van der Waals surface area contributed by atoms with Gasteiger partial charge in [0, 0.05) is 14.2 Å². The van der Waals surface area contributed by atoms with Crippen LogP contribution < -0.4 is 0 Å². The van der Waals surface area contributed by atoms with Crippen LogP contribution in [0.2, 0.25) is 0 Å². The fourth-order valence-corrected chi connectivity index (χ4v) is 0.385. The fourth-order valence-electron chi connectivity index (χ4n) is 0.385. The summed E-state index contributed by atoms with van der Waals surface area (Å²) in [6.45, 7) is 8.00. The summed E-state index contributed by atoms with van der Waals surface area (Å²) < 4.78 is 0. The molecule has 0 saturated carbocycles. The van der Waals surface area contributed by atoms with Crippen LogP contribution in [0, 0.1) is 0 Å². The molecule has 2 N–H and O–H groups in total. The fraction of sp³-hybridized carbons (Fsp3) is 0.500. The summed E-state index contributed by atoms with van der Waals surface area (Å²) in [5, 5.41) is 14.0. The minimum atomic E-state index is 1.00. The van der Waals surface area contributed by atoms with Crippen molar-refractivity contribution in [2.24, 2.45) is 0 Å². The van der Waals surface area contributed by atoms with Crippen LogP contribution in [0.1, 0.15) is 27.7 Å². The van der Waals surface area contributed by atoms with Gasteiger partial charge in [0.15, 0.2) is 0 Å². The maximum Gasteiger partial charge on any atom is 0.0319 e. The summed E-state index contributed by atoms with van der Waals surface area (Å²) in [6.07, 6.45) is 0. The molecule has 2 nitrogen and oxygen atoms in total. The first kappa shape index (κ1) is 23.2. The van der Waals surface area contributed by atoms with Crippen molar-refractivity contribution in [1.82, 2.24) is 0 Å². The number of hydrogen-bond acceptors (Lipinski definition) is 2. The first-order chi connectivity index (χ1) is 7.00. The zero-order valence-corrected chi connectivity index (χ0v) is 10.4. The lowest BCUT2D eigenvalue weighted by Crippen LogP contribution is -1.47. The van der Waals surface area contributed by atoms with E-state index in [4.69, 9.17) is 10.2 Å². The van der Waals surface area contributed by atoms with E-state index in [-0.39, 0.29) is 0 Å². The van der Waals surface area contributed by atoms with Crippen LogP contribution in [0.4, 0.5) is 0 Å². The Morgan fingerprint density at radius 2 is 0.500 bits per heavy atom. The summed E-state index contributed by atoms with van der Waals surface area (Å²) >= 11 is 0. The zero-order chi connectivity index (χ0) is 12.2. The van der Waals surface area contributed by atoms with E-state index in [1.807, 2.05) is 64.1 Å². The van der Waals surface area contributed by atoms with Crippen LogP contribution in [-0.2, 0) is 0 Å². The SMILES string of the molecule is CC.CC.CO.CO.c1ccccc1. The molecule has 0 heterocycles. The lowest BCUT2D eigenvalue weighted by Gasteiger charge is -1.69. The average Bonchev–Trinajstić information content (AvgIpc) is 2.41. The predicted molar refractivity (Wildman–Crippen MR) is 65.4 cm³/mol. The summed E-state index contributed by atoms with van der Waals surface area (Å²) in [7, 11) is 2.00. The van der Waals surface area contributed by atoms with Gasteiger partial charge in [0.1, 0.15) is 0 Å². The molecule has 1 aromatic carbocycles. The van der Waals surface area contributed by atoms with Crippen molar-refractivity contribution in [3.05, 3.63) is 36.4 Å². The van der Waals surface area contributed by atoms with Crippen LogP contribution in [0.5, 0.6) is 0 Å². The first-order valence-electron chi connectivity index (χ1n) is 4.89. The van der Waals surface area contributed by atoms with E-state index in [9.17, 15) is 0 Å². The summed E-state index contributed by atoms with van der Waals surface area (Å²) in [5.74, 6) is 0. The molecular weight excluding hydrogens is 176 g/mol. The molecule has 0 aliphatic heterocycles. The van der Waals surface area contributed by atoms with Gasteiger partial charge in [0.2, 0.25) is 0 Å². The summed E-state index contributed by atoms with van der Waals surface area (Å²) in [6, 6.07) is 12.0. The van der Waals surface area contributed by atoms with Gasteiger partial charge >= 0.3 is 0 Å². The molecule has 0 amide bonds. The third-order valence-corrected chi connectivity index (χ3v) is 0.667. The number of aliphatic hydroxyl groups excluding tert-OH is 2. The molecule has 0 aromatic heterocycles. The van der Waals surface area contributed by atoms with E-state index < -0.39 is 0 Å². The van der Waals surface area contributed by atoms with Crippen LogP contribution in [0.15, 0.2) is 36.4 Å². The Morgan fingerprint density at radius 3 is 0.571 bits per heavy atom. The van der Waals surface area contributed by atoms with Gasteiger partial charge in [-0.05, 0) is 0 Å². The van der Waals surface area contributed by atoms with E-state index in [1.165, 1.54) is 0 Å². The van der Waals surface area contributed by atoms with Gasteiger partial charge in [0.05, 0.1) is 0 Å². The Bertz CT molecular complexity index is 80.2. The molecule has 0 radical (unpaired) electrons.